The van der Waals surface area contributed by atoms with E-state index in [1.165, 1.54) is 28.9 Å². The van der Waals surface area contributed by atoms with Crippen LogP contribution in [0.15, 0.2) is 53.7 Å². The molecule has 0 radical (unpaired) electrons. The average molecular weight is 421 g/mol. The van der Waals surface area contributed by atoms with Crippen LogP contribution in [0.4, 0.5) is 4.39 Å². The number of tetrazole rings is 1. The van der Waals surface area contributed by atoms with Crippen molar-refractivity contribution >= 4 is 35.2 Å². The van der Waals surface area contributed by atoms with Crippen LogP contribution in [0, 0.1) is 5.82 Å². The zero-order valence-electron chi connectivity index (χ0n) is 14.5. The van der Waals surface area contributed by atoms with Crippen LogP contribution in [0.5, 0.6) is 0 Å². The van der Waals surface area contributed by atoms with Gasteiger partial charge in [-0.1, -0.05) is 35.5 Å². The van der Waals surface area contributed by atoms with Crippen molar-refractivity contribution in [2.45, 2.75) is 17.3 Å². The molecule has 0 aliphatic carbocycles. The number of carbonyl (C=O) groups excluding carboxylic acids is 2. The first kappa shape index (κ1) is 19.8. The molecule has 3 aromatic rings. The van der Waals surface area contributed by atoms with Gasteiger partial charge in [-0.15, -0.1) is 5.10 Å². The standard InChI is InChI=1S/C17H14ClFN6O2S/c1-10(15(26)20-21-16(27)11-4-2-5-12(18)8-11)28-17-22-23-24-25(17)14-7-3-6-13(19)9-14/h2-10H,1H3,(H,20,26)(H,21,27). The first-order chi connectivity index (χ1) is 13.4. The van der Waals surface area contributed by atoms with E-state index in [0.717, 1.165) is 11.8 Å². The van der Waals surface area contributed by atoms with Gasteiger partial charge in [0.15, 0.2) is 0 Å². The number of thioether (sulfide) groups is 1. The van der Waals surface area contributed by atoms with Gasteiger partial charge in [0.2, 0.25) is 5.16 Å². The second kappa shape index (κ2) is 8.81. The Bertz CT molecular complexity index is 1010. The molecule has 1 aromatic heterocycles. The van der Waals surface area contributed by atoms with Gasteiger partial charge in [0.05, 0.1) is 10.9 Å². The van der Waals surface area contributed by atoms with Crippen LogP contribution >= 0.6 is 23.4 Å². The number of hydrogen-bond acceptors (Lipinski definition) is 6. The fourth-order valence-corrected chi connectivity index (χ4v) is 3.15. The van der Waals surface area contributed by atoms with E-state index in [0.29, 0.717) is 21.4 Å². The SMILES string of the molecule is CC(Sc1nnnn1-c1cccc(F)c1)C(=O)NNC(=O)c1cccc(Cl)c1. The van der Waals surface area contributed by atoms with Crippen molar-refractivity contribution in [2.75, 3.05) is 0 Å². The molecule has 0 saturated carbocycles. The Hall–Kier alpha value is -2.98. The number of aromatic nitrogens is 4. The molecule has 2 aromatic carbocycles. The maximum atomic E-state index is 13.4. The third-order valence-corrected chi connectivity index (χ3v) is 4.80. The lowest BCUT2D eigenvalue weighted by Gasteiger charge is -2.12. The third kappa shape index (κ3) is 4.84. The third-order valence-electron chi connectivity index (χ3n) is 3.53. The van der Waals surface area contributed by atoms with Crippen molar-refractivity contribution < 1.29 is 14.0 Å². The molecule has 0 aliphatic heterocycles. The molecule has 0 aliphatic rings. The Labute approximate surface area is 168 Å². The van der Waals surface area contributed by atoms with Gasteiger partial charge in [0, 0.05) is 10.6 Å². The van der Waals surface area contributed by atoms with E-state index in [9.17, 15) is 14.0 Å². The number of carbonyl (C=O) groups is 2. The predicted octanol–water partition coefficient (Wildman–Crippen LogP) is 2.40. The fraction of sp³-hybridized carbons (Fsp3) is 0.118. The fourth-order valence-electron chi connectivity index (χ4n) is 2.16. The van der Waals surface area contributed by atoms with Gasteiger partial charge >= 0.3 is 0 Å². The molecular formula is C17H14ClFN6O2S. The maximum Gasteiger partial charge on any atom is 0.269 e. The molecular weight excluding hydrogens is 407 g/mol. The molecule has 1 heterocycles. The summed E-state index contributed by atoms with van der Waals surface area (Å²) in [7, 11) is 0. The van der Waals surface area contributed by atoms with E-state index in [4.69, 9.17) is 11.6 Å². The summed E-state index contributed by atoms with van der Waals surface area (Å²) in [6.07, 6.45) is 0. The summed E-state index contributed by atoms with van der Waals surface area (Å²) < 4.78 is 14.7. The normalized spacial score (nSPS) is 11.7. The molecule has 3 rings (SSSR count). The van der Waals surface area contributed by atoms with Crippen LogP contribution in [0.3, 0.4) is 0 Å². The van der Waals surface area contributed by atoms with Crippen molar-refractivity contribution in [2.24, 2.45) is 0 Å². The smallest absolute Gasteiger partial charge is 0.269 e. The molecule has 2 N–H and O–H groups in total. The molecule has 1 atom stereocenters. The first-order valence-corrected chi connectivity index (χ1v) is 9.26. The zero-order chi connectivity index (χ0) is 20.1. The Kier molecular flexibility index (Phi) is 6.22. The predicted molar refractivity (Wildman–Crippen MR) is 101 cm³/mol. The summed E-state index contributed by atoms with van der Waals surface area (Å²) in [6.45, 7) is 1.62. The van der Waals surface area contributed by atoms with Gasteiger partial charge in [0.1, 0.15) is 5.82 Å². The van der Waals surface area contributed by atoms with Crippen LogP contribution in [-0.4, -0.2) is 37.3 Å². The average Bonchev–Trinajstić information content (AvgIpc) is 3.13. The summed E-state index contributed by atoms with van der Waals surface area (Å²) in [5, 5.41) is 11.3. The lowest BCUT2D eigenvalue weighted by Crippen LogP contribution is -2.45. The van der Waals surface area contributed by atoms with Gasteiger partial charge in [-0.05, 0) is 53.7 Å². The van der Waals surface area contributed by atoms with Crippen molar-refractivity contribution in [1.82, 2.24) is 31.1 Å². The second-order valence-corrected chi connectivity index (χ2v) is 7.31. The minimum absolute atomic E-state index is 0.300. The molecule has 8 nitrogen and oxygen atoms in total. The van der Waals surface area contributed by atoms with Gasteiger partial charge in [-0.2, -0.15) is 4.68 Å². The summed E-state index contributed by atoms with van der Waals surface area (Å²) in [4.78, 5) is 24.3. The lowest BCUT2D eigenvalue weighted by molar-refractivity contribution is -0.121. The first-order valence-electron chi connectivity index (χ1n) is 8.01. The molecule has 0 spiro atoms. The number of halogens is 2. The summed E-state index contributed by atoms with van der Waals surface area (Å²) in [5.74, 6) is -1.40. The van der Waals surface area contributed by atoms with Crippen LogP contribution in [0.25, 0.3) is 5.69 Å². The van der Waals surface area contributed by atoms with Gasteiger partial charge in [-0.3, -0.25) is 20.4 Å². The van der Waals surface area contributed by atoms with Crippen molar-refractivity contribution in [3.8, 4) is 5.69 Å². The van der Waals surface area contributed by atoms with Gasteiger partial charge in [0.25, 0.3) is 11.8 Å². The van der Waals surface area contributed by atoms with E-state index >= 15 is 0 Å². The minimum Gasteiger partial charge on any atom is -0.272 e. The highest BCUT2D eigenvalue weighted by molar-refractivity contribution is 8.00. The van der Waals surface area contributed by atoms with E-state index in [1.807, 2.05) is 0 Å². The summed E-state index contributed by atoms with van der Waals surface area (Å²) in [5.41, 5.74) is 5.40. The Morgan fingerprint density at radius 3 is 2.71 bits per heavy atom. The van der Waals surface area contributed by atoms with E-state index in [2.05, 4.69) is 26.4 Å². The minimum atomic E-state index is -0.641. The maximum absolute atomic E-state index is 13.4. The van der Waals surface area contributed by atoms with Crippen LogP contribution < -0.4 is 10.9 Å². The number of nitrogens with zero attached hydrogens (tertiary/aromatic N) is 4. The Morgan fingerprint density at radius 1 is 1.18 bits per heavy atom. The molecule has 2 amide bonds. The number of benzene rings is 2. The lowest BCUT2D eigenvalue weighted by atomic mass is 10.2. The second-order valence-electron chi connectivity index (χ2n) is 5.57. The number of amides is 2. The van der Waals surface area contributed by atoms with E-state index in [-0.39, 0.29) is 0 Å². The summed E-state index contributed by atoms with van der Waals surface area (Å²) in [6, 6.07) is 12.1. The molecule has 1 unspecified atom stereocenters. The number of hydrogen-bond donors (Lipinski definition) is 2. The molecule has 28 heavy (non-hydrogen) atoms. The highest BCUT2D eigenvalue weighted by Crippen LogP contribution is 2.23. The largest absolute Gasteiger partial charge is 0.272 e. The highest BCUT2D eigenvalue weighted by atomic mass is 35.5. The monoisotopic (exact) mass is 420 g/mol. The zero-order valence-corrected chi connectivity index (χ0v) is 16.0. The molecule has 0 saturated heterocycles. The van der Waals surface area contributed by atoms with Crippen LogP contribution in [0.2, 0.25) is 5.02 Å². The number of rotatable bonds is 5. The van der Waals surface area contributed by atoms with Gasteiger partial charge in [-0.25, -0.2) is 4.39 Å². The highest BCUT2D eigenvalue weighted by Gasteiger charge is 2.20. The van der Waals surface area contributed by atoms with Gasteiger partial charge < -0.3 is 0 Å². The molecule has 11 heteroatoms. The van der Waals surface area contributed by atoms with Crippen molar-refractivity contribution in [3.05, 3.63) is 64.9 Å². The molecule has 0 bridgehead atoms. The Balaban J connectivity index is 1.61. The molecule has 144 valence electrons. The quantitative estimate of drug-likeness (QED) is 0.485. The van der Waals surface area contributed by atoms with E-state index in [1.54, 1.807) is 31.2 Å². The van der Waals surface area contributed by atoms with E-state index < -0.39 is 22.9 Å². The van der Waals surface area contributed by atoms with Crippen LogP contribution in [0.1, 0.15) is 17.3 Å². The molecule has 0 fully saturated rings. The van der Waals surface area contributed by atoms with Crippen molar-refractivity contribution in [3.63, 3.8) is 0 Å². The van der Waals surface area contributed by atoms with Crippen molar-refractivity contribution in [1.29, 1.82) is 0 Å². The number of nitrogens with one attached hydrogen (secondary N) is 2. The Morgan fingerprint density at radius 2 is 1.96 bits per heavy atom. The number of hydrazine groups is 1. The summed E-state index contributed by atoms with van der Waals surface area (Å²) >= 11 is 6.90. The topological polar surface area (TPSA) is 102 Å². The van der Waals surface area contributed by atoms with Crippen LogP contribution in [-0.2, 0) is 4.79 Å².